The monoisotopic (exact) mass is 561 g/mol. The summed E-state index contributed by atoms with van der Waals surface area (Å²) in [4.78, 5) is 17.8. The average molecular weight is 561 g/mol. The fourth-order valence-electron chi connectivity index (χ4n) is 6.73. The van der Waals surface area contributed by atoms with Crippen LogP contribution < -0.4 is 4.90 Å². The Labute approximate surface area is 249 Å². The van der Waals surface area contributed by atoms with Crippen molar-refractivity contribution in [2.45, 2.75) is 62.7 Å². The molecule has 42 heavy (non-hydrogen) atoms. The number of nitrogens with zero attached hydrogens (tertiary/aromatic N) is 5. The Hall–Kier alpha value is -3.41. The van der Waals surface area contributed by atoms with Crippen LogP contribution in [0.4, 0.5) is 10.1 Å². The lowest BCUT2D eigenvalue weighted by atomic mass is 9.57. The number of fused-ring (bicyclic) bond motifs is 1. The molecule has 3 aliphatic rings. The maximum Gasteiger partial charge on any atom is 0.258 e. The van der Waals surface area contributed by atoms with Gasteiger partial charge in [-0.1, -0.05) is 18.2 Å². The lowest BCUT2D eigenvalue weighted by Gasteiger charge is -2.46. The summed E-state index contributed by atoms with van der Waals surface area (Å²) in [5, 5.41) is 8.37. The quantitative estimate of drug-likeness (QED) is 0.327. The molecule has 2 fully saturated rings. The number of hydrogen-bond acceptors (Lipinski definition) is 5. The van der Waals surface area contributed by atoms with E-state index in [2.05, 4.69) is 40.1 Å². The molecular weight excluding hydrogens is 527 g/mol. The second-order valence-electron chi connectivity index (χ2n) is 12.2. The SMILES string of the molecule is [B]C([B])(F)c1cc(CN2CCOC(C)CC2)cc2c1CN(c1cccc(C3(Cc4nncn4C)CC(C#C)C3)c1)C2=O. The van der Waals surface area contributed by atoms with Crippen LogP contribution in [-0.2, 0) is 42.2 Å². The largest absolute Gasteiger partial charge is 0.377 e. The van der Waals surface area contributed by atoms with Gasteiger partial charge < -0.3 is 14.2 Å². The Morgan fingerprint density at radius 3 is 2.76 bits per heavy atom. The van der Waals surface area contributed by atoms with E-state index in [9.17, 15) is 4.79 Å². The van der Waals surface area contributed by atoms with Crippen LogP contribution in [0.1, 0.15) is 64.6 Å². The van der Waals surface area contributed by atoms with Gasteiger partial charge in [0.25, 0.3) is 5.91 Å². The van der Waals surface area contributed by atoms with Crippen LogP contribution in [0.2, 0.25) is 0 Å². The van der Waals surface area contributed by atoms with Crippen LogP contribution in [0, 0.1) is 18.3 Å². The zero-order chi connectivity index (χ0) is 29.6. The normalized spacial score (nSPS) is 24.6. The molecule has 1 saturated carbocycles. The number of carbonyl (C=O) groups excluding carboxylic acids is 1. The van der Waals surface area contributed by atoms with E-state index < -0.39 is 5.47 Å². The highest BCUT2D eigenvalue weighted by molar-refractivity contribution is 6.39. The Bertz CT molecular complexity index is 1540. The second-order valence-corrected chi connectivity index (χ2v) is 12.2. The summed E-state index contributed by atoms with van der Waals surface area (Å²) in [6.45, 7) is 5.04. The predicted molar refractivity (Wildman–Crippen MR) is 161 cm³/mol. The number of anilines is 1. The number of terminal acetylenes is 1. The zero-order valence-electron chi connectivity index (χ0n) is 24.2. The van der Waals surface area contributed by atoms with Crippen molar-refractivity contribution in [3.63, 3.8) is 0 Å². The summed E-state index contributed by atoms with van der Waals surface area (Å²) >= 11 is 0. The molecule has 3 aromatic rings. The van der Waals surface area contributed by atoms with Crippen LogP contribution in [-0.4, -0.2) is 67.1 Å². The highest BCUT2D eigenvalue weighted by atomic mass is 19.1. The first-order valence-corrected chi connectivity index (χ1v) is 14.5. The van der Waals surface area contributed by atoms with Gasteiger partial charge >= 0.3 is 0 Å². The van der Waals surface area contributed by atoms with Gasteiger partial charge in [-0.15, -0.1) is 22.5 Å². The van der Waals surface area contributed by atoms with Gasteiger partial charge in [0.2, 0.25) is 0 Å². The smallest absolute Gasteiger partial charge is 0.258 e. The number of alkyl halides is 1. The molecule has 2 aliphatic heterocycles. The molecule has 0 bridgehead atoms. The Morgan fingerprint density at radius 1 is 1.24 bits per heavy atom. The number of rotatable bonds is 7. The van der Waals surface area contributed by atoms with Crippen LogP contribution in [0.25, 0.3) is 0 Å². The molecule has 1 saturated heterocycles. The average Bonchev–Trinajstić information content (AvgIpc) is 3.42. The molecule has 10 heteroatoms. The van der Waals surface area contributed by atoms with E-state index in [0.717, 1.165) is 55.0 Å². The van der Waals surface area contributed by atoms with E-state index in [1.54, 1.807) is 17.3 Å². The topological polar surface area (TPSA) is 63.5 Å². The van der Waals surface area contributed by atoms with Crippen molar-refractivity contribution in [2.24, 2.45) is 13.0 Å². The Balaban J connectivity index is 1.31. The van der Waals surface area contributed by atoms with Crippen molar-refractivity contribution in [1.82, 2.24) is 19.7 Å². The lowest BCUT2D eigenvalue weighted by Crippen LogP contribution is -2.43. The third-order valence-electron chi connectivity index (χ3n) is 9.16. The number of benzene rings is 2. The Kier molecular flexibility index (Phi) is 7.53. The summed E-state index contributed by atoms with van der Waals surface area (Å²) in [7, 11) is 13.6. The molecule has 1 aromatic heterocycles. The number of aromatic nitrogens is 3. The number of halogens is 1. The summed E-state index contributed by atoms with van der Waals surface area (Å²) in [6, 6.07) is 11.6. The minimum Gasteiger partial charge on any atom is -0.377 e. The van der Waals surface area contributed by atoms with Gasteiger partial charge in [0.1, 0.15) is 27.8 Å². The molecule has 1 unspecified atom stereocenters. The molecule has 2 aromatic carbocycles. The number of amides is 1. The Morgan fingerprint density at radius 2 is 2.05 bits per heavy atom. The van der Waals surface area contributed by atoms with Crippen molar-refractivity contribution >= 4 is 27.3 Å². The third kappa shape index (κ3) is 5.41. The van der Waals surface area contributed by atoms with Crippen LogP contribution in [0.5, 0.6) is 0 Å². The molecule has 6 rings (SSSR count). The lowest BCUT2D eigenvalue weighted by molar-refractivity contribution is 0.0748. The van der Waals surface area contributed by atoms with Crippen molar-refractivity contribution in [2.75, 3.05) is 24.6 Å². The van der Waals surface area contributed by atoms with Gasteiger partial charge in [-0.05, 0) is 66.6 Å². The van der Waals surface area contributed by atoms with E-state index in [1.165, 1.54) is 0 Å². The van der Waals surface area contributed by atoms with Crippen LogP contribution in [0.3, 0.4) is 0 Å². The zero-order valence-corrected chi connectivity index (χ0v) is 24.2. The summed E-state index contributed by atoms with van der Waals surface area (Å²) in [5.41, 5.74) is 0.959. The third-order valence-corrected chi connectivity index (χ3v) is 9.16. The molecule has 7 nitrogen and oxygen atoms in total. The van der Waals surface area contributed by atoms with Gasteiger partial charge in [-0.2, -0.15) is 0 Å². The van der Waals surface area contributed by atoms with Gasteiger partial charge in [-0.3, -0.25) is 14.1 Å². The maximum absolute atomic E-state index is 15.2. The van der Waals surface area contributed by atoms with Gasteiger partial charge in [0.15, 0.2) is 0 Å². The number of carbonyl (C=O) groups is 1. The molecule has 1 amide bonds. The molecule has 3 heterocycles. The van der Waals surface area contributed by atoms with E-state index in [-0.39, 0.29) is 35.5 Å². The molecule has 1 aliphatic carbocycles. The molecule has 0 spiro atoms. The van der Waals surface area contributed by atoms with E-state index in [4.69, 9.17) is 26.9 Å². The minimum absolute atomic E-state index is 0.149. The first kappa shape index (κ1) is 28.7. The fraction of sp³-hybridized carbons (Fsp3) is 0.469. The molecule has 212 valence electrons. The standard InChI is InChI=1S/C32H34B2FN5O2/c1-4-22-15-31(16-22,17-29-37-36-20-38(29)3)24-6-5-7-25(14-24)40-19-27-26(30(40)41)12-23(13-28(27)32(33,34)35)18-39-9-8-21(2)42-11-10-39/h1,5-7,12-14,20-22H,8-11,15-19H2,2-3H3. The summed E-state index contributed by atoms with van der Waals surface area (Å²) in [6.07, 6.45) is 10.9. The molecular formula is C32H34B2FN5O2. The minimum atomic E-state index is -2.58. The number of hydrogen-bond donors (Lipinski definition) is 0. The highest BCUT2D eigenvalue weighted by Gasteiger charge is 2.46. The van der Waals surface area contributed by atoms with E-state index in [1.807, 2.05) is 29.8 Å². The predicted octanol–water partition coefficient (Wildman–Crippen LogP) is 3.53. The van der Waals surface area contributed by atoms with Crippen molar-refractivity contribution in [1.29, 1.82) is 0 Å². The molecule has 1 atom stereocenters. The van der Waals surface area contributed by atoms with E-state index in [0.29, 0.717) is 30.7 Å². The number of ether oxygens (including phenoxy) is 1. The van der Waals surface area contributed by atoms with Crippen LogP contribution in [0.15, 0.2) is 42.7 Å². The maximum atomic E-state index is 15.2. The van der Waals surface area contributed by atoms with Gasteiger partial charge in [0, 0.05) is 55.7 Å². The van der Waals surface area contributed by atoms with Crippen LogP contribution >= 0.6 is 0 Å². The van der Waals surface area contributed by atoms with Crippen molar-refractivity contribution in [3.8, 4) is 12.3 Å². The van der Waals surface area contributed by atoms with Gasteiger partial charge in [0.05, 0.1) is 24.7 Å². The van der Waals surface area contributed by atoms with E-state index >= 15 is 4.39 Å². The fourth-order valence-corrected chi connectivity index (χ4v) is 6.73. The first-order chi connectivity index (χ1) is 20.1. The molecule has 4 radical (unpaired) electrons. The molecule has 0 N–H and O–H groups in total. The first-order valence-electron chi connectivity index (χ1n) is 14.5. The highest BCUT2D eigenvalue weighted by Crippen LogP contribution is 2.50. The second kappa shape index (κ2) is 11.0. The van der Waals surface area contributed by atoms with Gasteiger partial charge in [-0.25, -0.2) is 0 Å². The van der Waals surface area contributed by atoms with Crippen molar-refractivity contribution < 1.29 is 13.9 Å². The van der Waals surface area contributed by atoms with Crippen molar-refractivity contribution in [3.05, 3.63) is 76.4 Å². The summed E-state index contributed by atoms with van der Waals surface area (Å²) < 4.78 is 22.9. The summed E-state index contributed by atoms with van der Waals surface area (Å²) in [5.74, 6) is 3.77. The number of aryl methyl sites for hydroxylation is 1.